The van der Waals surface area contributed by atoms with E-state index in [-0.39, 0.29) is 0 Å². The zero-order chi connectivity index (χ0) is 13.1. The van der Waals surface area contributed by atoms with Crippen LogP contribution in [0.2, 0.25) is 5.02 Å². The van der Waals surface area contributed by atoms with E-state index in [0.717, 1.165) is 40.6 Å². The van der Waals surface area contributed by atoms with Gasteiger partial charge in [-0.3, -0.25) is 9.11 Å². The first kappa shape index (κ1) is 14.5. The van der Waals surface area contributed by atoms with Gasteiger partial charge in [0.15, 0.2) is 0 Å². The van der Waals surface area contributed by atoms with Crippen LogP contribution in [0.1, 0.15) is 12.5 Å². The minimum absolute atomic E-state index is 0.499. The molecule has 0 saturated carbocycles. The van der Waals surface area contributed by atoms with Crippen molar-refractivity contribution >= 4 is 38.3 Å². The molecule has 0 aliphatic carbocycles. The molecule has 1 fully saturated rings. The molecule has 0 unspecified atom stereocenters. The van der Waals surface area contributed by atoms with Gasteiger partial charge in [0, 0.05) is 51.4 Å². The molecule has 2 nitrogen and oxygen atoms in total. The van der Waals surface area contributed by atoms with Gasteiger partial charge in [0.2, 0.25) is 0 Å². The van der Waals surface area contributed by atoms with E-state index in [1.165, 1.54) is 5.56 Å². The molecule has 2 rings (SSSR count). The molecule has 0 aromatic heterocycles. The number of hydrogen-bond acceptors (Lipinski definition) is 2. The van der Waals surface area contributed by atoms with Crippen LogP contribution in [0.15, 0.2) is 22.7 Å². The Kier molecular flexibility index (Phi) is 5.24. The van der Waals surface area contributed by atoms with Gasteiger partial charge in [0.1, 0.15) is 0 Å². The minimum Gasteiger partial charge on any atom is -0.298 e. The number of rotatable bonds is 2. The largest absolute Gasteiger partial charge is 0.298 e. The molecular weight excluding hydrogens is 334 g/mol. The topological polar surface area (TPSA) is 20.3 Å². The summed E-state index contributed by atoms with van der Waals surface area (Å²) in [5.41, 5.74) is 1.24. The third-order valence-electron chi connectivity index (χ3n) is 3.08. The summed E-state index contributed by atoms with van der Waals surface area (Å²) in [5, 5.41) is 0.746. The molecule has 0 N–H and O–H groups in total. The summed E-state index contributed by atoms with van der Waals surface area (Å²) in [6.45, 7) is 4.99. The molecule has 2 atom stereocenters. The highest BCUT2D eigenvalue weighted by molar-refractivity contribution is 9.10. The van der Waals surface area contributed by atoms with Gasteiger partial charge in [-0.25, -0.2) is 0 Å². The van der Waals surface area contributed by atoms with Crippen LogP contribution in [0.4, 0.5) is 0 Å². The number of hydrogen-bond donors (Lipinski definition) is 0. The lowest BCUT2D eigenvalue weighted by atomic mass is 10.1. The van der Waals surface area contributed by atoms with Crippen LogP contribution in [-0.2, 0) is 17.3 Å². The molecule has 18 heavy (non-hydrogen) atoms. The average Bonchev–Trinajstić information content (AvgIpc) is 2.44. The van der Waals surface area contributed by atoms with Crippen molar-refractivity contribution in [2.45, 2.75) is 13.5 Å². The monoisotopic (exact) mass is 349 g/mol. The van der Waals surface area contributed by atoms with Crippen molar-refractivity contribution in [2.24, 2.45) is 5.92 Å². The molecule has 1 aliphatic heterocycles. The highest BCUT2D eigenvalue weighted by atomic mass is 79.9. The van der Waals surface area contributed by atoms with Crippen LogP contribution >= 0.6 is 27.5 Å². The van der Waals surface area contributed by atoms with Crippen molar-refractivity contribution in [1.29, 1.82) is 0 Å². The van der Waals surface area contributed by atoms with Gasteiger partial charge in [-0.15, -0.1) is 0 Å². The zero-order valence-corrected chi connectivity index (χ0v) is 13.5. The second kappa shape index (κ2) is 6.51. The molecule has 1 saturated heterocycles. The molecule has 0 amide bonds. The smallest absolute Gasteiger partial charge is 0.0417 e. The SMILES string of the molecule is C[C@@H]1CN(Cc2ccc(Cl)cc2Br)CC[S@](=O)C1. The molecule has 100 valence electrons. The van der Waals surface area contributed by atoms with E-state index in [2.05, 4.69) is 33.8 Å². The van der Waals surface area contributed by atoms with Crippen LogP contribution < -0.4 is 0 Å². The van der Waals surface area contributed by atoms with Gasteiger partial charge in [0.05, 0.1) is 0 Å². The number of nitrogens with zero attached hydrogens (tertiary/aromatic N) is 1. The zero-order valence-electron chi connectivity index (χ0n) is 10.4. The van der Waals surface area contributed by atoms with E-state index >= 15 is 0 Å². The minimum atomic E-state index is -0.650. The van der Waals surface area contributed by atoms with Crippen molar-refractivity contribution in [1.82, 2.24) is 4.90 Å². The van der Waals surface area contributed by atoms with Crippen molar-refractivity contribution in [3.05, 3.63) is 33.3 Å². The fraction of sp³-hybridized carbons (Fsp3) is 0.538. The Hall–Kier alpha value is 0.1000. The van der Waals surface area contributed by atoms with E-state index in [1.54, 1.807) is 0 Å². The van der Waals surface area contributed by atoms with Gasteiger partial charge in [0.25, 0.3) is 0 Å². The molecule has 0 bridgehead atoms. The molecule has 5 heteroatoms. The predicted octanol–water partition coefficient (Wildman–Crippen LogP) is 3.30. The van der Waals surface area contributed by atoms with Crippen molar-refractivity contribution in [3.8, 4) is 0 Å². The first-order valence-corrected chi connectivity index (χ1v) is 8.72. The van der Waals surface area contributed by atoms with Crippen molar-refractivity contribution in [2.75, 3.05) is 24.6 Å². The molecule has 1 aromatic carbocycles. The lowest BCUT2D eigenvalue weighted by molar-refractivity contribution is 0.256. The van der Waals surface area contributed by atoms with Crippen molar-refractivity contribution < 1.29 is 4.21 Å². The summed E-state index contributed by atoms with van der Waals surface area (Å²) in [4.78, 5) is 2.38. The summed E-state index contributed by atoms with van der Waals surface area (Å²) in [6.07, 6.45) is 0. The Balaban J connectivity index is 2.06. The fourth-order valence-electron chi connectivity index (χ4n) is 2.25. The normalized spacial score (nSPS) is 25.9. The van der Waals surface area contributed by atoms with Gasteiger partial charge >= 0.3 is 0 Å². The van der Waals surface area contributed by atoms with Gasteiger partial charge in [-0.05, 0) is 23.6 Å². The maximum absolute atomic E-state index is 11.7. The van der Waals surface area contributed by atoms with Gasteiger partial charge in [-0.2, -0.15) is 0 Å². The Morgan fingerprint density at radius 1 is 1.56 bits per heavy atom. The fourth-order valence-corrected chi connectivity index (χ4v) is 4.43. The second-order valence-corrected chi connectivity index (χ2v) is 7.80. The lowest BCUT2D eigenvalue weighted by Crippen LogP contribution is -2.28. The number of halogens is 2. The molecular formula is C13H17BrClNOS. The summed E-state index contributed by atoms with van der Waals surface area (Å²) in [6, 6.07) is 5.90. The van der Waals surface area contributed by atoms with Crippen LogP contribution in [0.25, 0.3) is 0 Å². The molecule has 1 aliphatic rings. The lowest BCUT2D eigenvalue weighted by Gasteiger charge is -2.22. The molecule has 0 radical (unpaired) electrons. The quantitative estimate of drug-likeness (QED) is 0.815. The third kappa shape index (κ3) is 4.05. The van der Waals surface area contributed by atoms with E-state index in [0.29, 0.717) is 5.92 Å². The van der Waals surface area contributed by atoms with E-state index in [1.807, 2.05) is 12.1 Å². The van der Waals surface area contributed by atoms with Crippen LogP contribution in [0.5, 0.6) is 0 Å². The van der Waals surface area contributed by atoms with Gasteiger partial charge in [-0.1, -0.05) is 40.5 Å². The third-order valence-corrected chi connectivity index (χ3v) is 5.64. The van der Waals surface area contributed by atoms with E-state index in [9.17, 15) is 4.21 Å². The summed E-state index contributed by atoms with van der Waals surface area (Å²) in [5.74, 6) is 2.12. The second-order valence-electron chi connectivity index (χ2n) is 4.89. The van der Waals surface area contributed by atoms with E-state index in [4.69, 9.17) is 11.6 Å². The Labute approximate surface area is 124 Å². The Bertz CT molecular complexity index is 455. The van der Waals surface area contributed by atoms with Crippen LogP contribution in [0, 0.1) is 5.92 Å². The van der Waals surface area contributed by atoms with E-state index < -0.39 is 10.8 Å². The molecule has 1 heterocycles. The highest BCUT2D eigenvalue weighted by Gasteiger charge is 2.19. The van der Waals surface area contributed by atoms with Crippen LogP contribution in [-0.4, -0.2) is 33.7 Å². The first-order chi connectivity index (χ1) is 8.54. The molecule has 1 aromatic rings. The summed E-state index contributed by atoms with van der Waals surface area (Å²) >= 11 is 9.49. The Morgan fingerprint density at radius 3 is 3.06 bits per heavy atom. The Morgan fingerprint density at radius 2 is 2.33 bits per heavy atom. The standard InChI is InChI=1S/C13H17BrClNOS/c1-10-7-16(4-5-18(17)9-10)8-11-2-3-12(15)6-13(11)14/h2-3,6,10H,4-5,7-9H2,1H3/t10-,18+/m1/s1. The first-order valence-electron chi connectivity index (χ1n) is 6.06. The average molecular weight is 351 g/mol. The maximum atomic E-state index is 11.7. The van der Waals surface area contributed by atoms with Crippen molar-refractivity contribution in [3.63, 3.8) is 0 Å². The summed E-state index contributed by atoms with van der Waals surface area (Å²) in [7, 11) is -0.650. The van der Waals surface area contributed by atoms with Crippen LogP contribution in [0.3, 0.4) is 0 Å². The summed E-state index contributed by atoms with van der Waals surface area (Å²) < 4.78 is 12.7. The van der Waals surface area contributed by atoms with Gasteiger partial charge < -0.3 is 0 Å². The maximum Gasteiger partial charge on any atom is 0.0417 e. The number of benzene rings is 1. The molecule has 0 spiro atoms. The predicted molar refractivity (Wildman–Crippen MR) is 81.5 cm³/mol. The highest BCUT2D eigenvalue weighted by Crippen LogP contribution is 2.23.